The lowest BCUT2D eigenvalue weighted by molar-refractivity contribution is -0.134. The molecule has 0 saturated heterocycles. The first-order chi connectivity index (χ1) is 20.6. The highest BCUT2D eigenvalue weighted by molar-refractivity contribution is 7.91. The fourth-order valence-electron chi connectivity index (χ4n) is 5.70. The molecule has 0 amide bonds. The second-order valence-corrected chi connectivity index (χ2v) is 15.8. The van der Waals surface area contributed by atoms with Crippen LogP contribution in [0.25, 0.3) is 11.1 Å². The van der Waals surface area contributed by atoms with Crippen molar-refractivity contribution in [2.24, 2.45) is 0 Å². The first-order valence-corrected chi connectivity index (χ1v) is 18.8. The van der Waals surface area contributed by atoms with Crippen molar-refractivity contribution in [2.45, 2.75) is 83.2 Å². The Balaban J connectivity index is 1.51. The monoisotopic (exact) mass is 661 g/mol. The van der Waals surface area contributed by atoms with Crippen LogP contribution in [-0.4, -0.2) is 63.3 Å². The maximum atomic E-state index is 13.6. The molecular formula is C32H43F4NO5S2. The normalized spacial score (nSPS) is 14.6. The highest BCUT2D eigenvalue weighted by Crippen LogP contribution is 2.39. The minimum absolute atomic E-state index is 0.161. The van der Waals surface area contributed by atoms with E-state index in [0.29, 0.717) is 19.4 Å². The Bertz CT molecular complexity index is 1470. The zero-order valence-electron chi connectivity index (χ0n) is 25.2. The number of allylic oxidation sites excluding steroid dienone is 2. The molecule has 0 heterocycles. The average molecular weight is 662 g/mol. The summed E-state index contributed by atoms with van der Waals surface area (Å²) >= 11 is 0. The van der Waals surface area contributed by atoms with E-state index in [0.717, 1.165) is 67.9 Å². The van der Waals surface area contributed by atoms with Gasteiger partial charge in [-0.1, -0.05) is 31.0 Å². The van der Waals surface area contributed by atoms with Crippen LogP contribution in [0.15, 0.2) is 42.5 Å². The molecule has 0 atom stereocenters. The van der Waals surface area contributed by atoms with E-state index in [2.05, 4.69) is 0 Å². The molecule has 6 nitrogen and oxygen atoms in total. The number of rotatable bonds is 17. The second-order valence-electron chi connectivity index (χ2n) is 11.6. The lowest BCUT2D eigenvalue weighted by Crippen LogP contribution is -2.32. The van der Waals surface area contributed by atoms with Crippen molar-refractivity contribution in [3.05, 3.63) is 65.0 Å². The van der Waals surface area contributed by atoms with Crippen LogP contribution >= 0.6 is 0 Å². The van der Waals surface area contributed by atoms with Crippen LogP contribution < -0.4 is 0 Å². The number of sulfone groups is 1. The molecule has 0 aromatic heterocycles. The third-order valence-corrected chi connectivity index (χ3v) is 11.1. The van der Waals surface area contributed by atoms with Gasteiger partial charge in [0.15, 0.2) is 0 Å². The van der Waals surface area contributed by atoms with Crippen LogP contribution in [0, 0.1) is 5.82 Å². The molecule has 0 radical (unpaired) electrons. The molecule has 0 bridgehead atoms. The summed E-state index contributed by atoms with van der Waals surface area (Å²) in [6.45, 7) is 0.469. The van der Waals surface area contributed by atoms with Gasteiger partial charge in [-0.2, -0.15) is 13.2 Å². The predicted octanol–water partition coefficient (Wildman–Crippen LogP) is 7.53. The minimum atomic E-state index is -4.39. The van der Waals surface area contributed by atoms with Gasteiger partial charge in [0.2, 0.25) is 10.0 Å². The smallest absolute Gasteiger partial charge is 0.389 e. The average Bonchev–Trinajstić information content (AvgIpc) is 3.09. The molecule has 0 fully saturated rings. The van der Waals surface area contributed by atoms with Crippen molar-refractivity contribution in [1.82, 2.24) is 4.31 Å². The summed E-state index contributed by atoms with van der Waals surface area (Å²) in [5.41, 5.74) is 5.55. The number of benzene rings is 2. The number of phenols is 1. The zero-order chi connectivity index (χ0) is 32.4. The number of aryl methyl sites for hydroxylation is 1. The van der Waals surface area contributed by atoms with E-state index >= 15 is 0 Å². The van der Waals surface area contributed by atoms with Gasteiger partial charge in [-0.3, -0.25) is 0 Å². The summed E-state index contributed by atoms with van der Waals surface area (Å²) < 4.78 is 101. The second kappa shape index (κ2) is 16.2. The molecule has 0 aliphatic heterocycles. The van der Waals surface area contributed by atoms with Gasteiger partial charge in [0.25, 0.3) is 0 Å². The zero-order valence-corrected chi connectivity index (χ0v) is 26.8. The molecule has 1 aliphatic rings. The van der Waals surface area contributed by atoms with E-state index < -0.39 is 44.6 Å². The van der Waals surface area contributed by atoms with Crippen molar-refractivity contribution < 1.29 is 39.5 Å². The molecular weight excluding hydrogens is 618 g/mol. The fourth-order valence-corrected chi connectivity index (χ4v) is 8.05. The number of fused-ring (bicyclic) bond motifs is 1. The number of phenolic OH excluding ortho intramolecular Hbond substituents is 1. The van der Waals surface area contributed by atoms with Gasteiger partial charge in [0, 0.05) is 19.5 Å². The molecule has 12 heteroatoms. The Labute approximate surface area is 259 Å². The van der Waals surface area contributed by atoms with E-state index in [1.165, 1.54) is 27.6 Å². The quantitative estimate of drug-likeness (QED) is 0.140. The highest BCUT2D eigenvalue weighted by Gasteiger charge is 2.27. The Kier molecular flexibility index (Phi) is 13.3. The van der Waals surface area contributed by atoms with Crippen LogP contribution in [-0.2, 0) is 26.3 Å². The molecule has 44 heavy (non-hydrogen) atoms. The van der Waals surface area contributed by atoms with Crippen LogP contribution in [0.2, 0.25) is 0 Å². The number of nitrogens with zero attached hydrogens (tertiary/aromatic N) is 1. The van der Waals surface area contributed by atoms with Crippen molar-refractivity contribution >= 4 is 31.0 Å². The van der Waals surface area contributed by atoms with Crippen molar-refractivity contribution in [1.29, 1.82) is 0 Å². The van der Waals surface area contributed by atoms with E-state index in [9.17, 15) is 39.5 Å². The SMILES string of the molecule is CS(=O)(=O)N(CCCCCCC1=C(c2ccc(F)cc2)CCCc2cc(O)ccc21)CCCCS(=O)(=O)CCCC(F)(F)F. The Morgan fingerprint density at radius 3 is 2.11 bits per heavy atom. The maximum Gasteiger partial charge on any atom is 0.389 e. The summed E-state index contributed by atoms with van der Waals surface area (Å²) in [6.07, 6.45) is 2.15. The topological polar surface area (TPSA) is 91.8 Å². The van der Waals surface area contributed by atoms with Gasteiger partial charge in [-0.05, 0) is 110 Å². The van der Waals surface area contributed by atoms with Gasteiger partial charge in [0.05, 0.1) is 17.8 Å². The van der Waals surface area contributed by atoms with Gasteiger partial charge in [-0.25, -0.2) is 25.5 Å². The van der Waals surface area contributed by atoms with E-state index in [-0.39, 0.29) is 30.3 Å². The number of alkyl halides is 3. The van der Waals surface area contributed by atoms with Crippen molar-refractivity contribution in [3.8, 4) is 5.75 Å². The van der Waals surface area contributed by atoms with Gasteiger partial charge < -0.3 is 5.11 Å². The summed E-state index contributed by atoms with van der Waals surface area (Å²) in [5.74, 6) is -0.853. The van der Waals surface area contributed by atoms with Crippen LogP contribution in [0.5, 0.6) is 5.75 Å². The third-order valence-electron chi connectivity index (χ3n) is 7.93. The van der Waals surface area contributed by atoms with E-state index in [1.807, 2.05) is 12.1 Å². The molecule has 0 spiro atoms. The number of unbranched alkanes of at least 4 members (excludes halogenated alkanes) is 4. The molecule has 2 aromatic rings. The standard InChI is InChI=1S/C32H43F4NO5S2/c1-43(39,40)37(21-6-7-22-44(41,42)23-9-19-32(34,35)36)20-5-3-2-4-11-31-29(25-13-15-27(33)16-14-25)12-8-10-26-24-28(38)17-18-30(26)31/h13-18,24,38H,2-12,19-23H2,1H3. The molecule has 0 saturated carbocycles. The van der Waals surface area contributed by atoms with E-state index in [1.54, 1.807) is 18.2 Å². The third kappa shape index (κ3) is 12.2. The van der Waals surface area contributed by atoms with Gasteiger partial charge >= 0.3 is 6.18 Å². The molecule has 0 unspecified atom stereocenters. The lowest BCUT2D eigenvalue weighted by Gasteiger charge is -2.20. The molecule has 1 N–H and O–H groups in total. The molecule has 1 aliphatic carbocycles. The van der Waals surface area contributed by atoms with Crippen LogP contribution in [0.3, 0.4) is 0 Å². The first-order valence-electron chi connectivity index (χ1n) is 15.2. The Morgan fingerprint density at radius 1 is 0.818 bits per heavy atom. The largest absolute Gasteiger partial charge is 0.508 e. The summed E-state index contributed by atoms with van der Waals surface area (Å²) in [7, 11) is -7.12. The van der Waals surface area contributed by atoms with Crippen LogP contribution in [0.4, 0.5) is 17.6 Å². The van der Waals surface area contributed by atoms with Gasteiger partial charge in [0.1, 0.15) is 21.4 Å². The van der Waals surface area contributed by atoms with Crippen LogP contribution in [0.1, 0.15) is 87.3 Å². The highest BCUT2D eigenvalue weighted by atomic mass is 32.2. The van der Waals surface area contributed by atoms with Crippen molar-refractivity contribution in [2.75, 3.05) is 30.9 Å². The summed E-state index contributed by atoms with van der Waals surface area (Å²) in [6, 6.07) is 12.0. The van der Waals surface area contributed by atoms with Crippen molar-refractivity contribution in [3.63, 3.8) is 0 Å². The maximum absolute atomic E-state index is 13.6. The fraction of sp³-hybridized carbons (Fsp3) is 0.562. The van der Waals surface area contributed by atoms with E-state index in [4.69, 9.17) is 0 Å². The molecule has 246 valence electrons. The number of aromatic hydroxyl groups is 1. The van der Waals surface area contributed by atoms with Gasteiger partial charge in [-0.15, -0.1) is 0 Å². The molecule has 2 aromatic carbocycles. The summed E-state index contributed by atoms with van der Waals surface area (Å²) in [4.78, 5) is 0. The molecule has 3 rings (SSSR count). The summed E-state index contributed by atoms with van der Waals surface area (Å²) in [5, 5.41) is 10.0. The lowest BCUT2D eigenvalue weighted by atomic mass is 9.89. The number of sulfonamides is 1. The predicted molar refractivity (Wildman–Crippen MR) is 167 cm³/mol. The first kappa shape index (κ1) is 36.0. The Hall–Kier alpha value is -2.44. The Morgan fingerprint density at radius 2 is 1.45 bits per heavy atom. The number of hydrogen-bond acceptors (Lipinski definition) is 5. The number of halogens is 4. The minimum Gasteiger partial charge on any atom is -0.508 e. The number of hydrogen-bond donors (Lipinski definition) is 1.